The lowest BCUT2D eigenvalue weighted by Crippen LogP contribution is -2.05. The largest absolute Gasteiger partial charge is 0.376 e. The fourth-order valence-corrected chi connectivity index (χ4v) is 3.37. The number of aromatic nitrogens is 2. The van der Waals surface area contributed by atoms with E-state index in [2.05, 4.69) is 38.1 Å². The Kier molecular flexibility index (Phi) is 3.92. The van der Waals surface area contributed by atoms with Crippen molar-refractivity contribution in [3.05, 3.63) is 50.3 Å². The van der Waals surface area contributed by atoms with Gasteiger partial charge in [-0.15, -0.1) is 11.3 Å². The Hall–Kier alpha value is -1.17. The van der Waals surface area contributed by atoms with E-state index in [4.69, 9.17) is 11.6 Å². The molecule has 6 heteroatoms. The highest BCUT2D eigenvalue weighted by atomic mass is 79.9. The zero-order valence-electron chi connectivity index (χ0n) is 10.6. The van der Waals surface area contributed by atoms with Crippen molar-refractivity contribution in [2.24, 2.45) is 0 Å². The van der Waals surface area contributed by atoms with Gasteiger partial charge in [-0.25, -0.2) is 0 Å². The van der Waals surface area contributed by atoms with Gasteiger partial charge in [-0.1, -0.05) is 11.6 Å². The van der Waals surface area contributed by atoms with Crippen LogP contribution >= 0.6 is 38.9 Å². The molecule has 3 aromatic rings. The Morgan fingerprint density at radius 1 is 1.30 bits per heavy atom. The molecule has 20 heavy (non-hydrogen) atoms. The number of thiophene rings is 1. The van der Waals surface area contributed by atoms with Crippen molar-refractivity contribution in [3.8, 4) is 0 Å². The maximum Gasteiger partial charge on any atom is 0.112 e. The van der Waals surface area contributed by atoms with Crippen molar-refractivity contribution >= 4 is 55.6 Å². The van der Waals surface area contributed by atoms with Gasteiger partial charge in [-0.2, -0.15) is 0 Å². The summed E-state index contributed by atoms with van der Waals surface area (Å²) in [5.74, 6) is 0. The van der Waals surface area contributed by atoms with Crippen molar-refractivity contribution in [3.63, 3.8) is 0 Å². The molecule has 3 nitrogen and oxygen atoms in total. The zero-order chi connectivity index (χ0) is 14.1. The maximum absolute atomic E-state index is 5.98. The summed E-state index contributed by atoms with van der Waals surface area (Å²) < 4.78 is 1.73. The third kappa shape index (κ3) is 2.80. The third-order valence-corrected chi connectivity index (χ3v) is 4.78. The summed E-state index contributed by atoms with van der Waals surface area (Å²) >= 11 is 11.0. The molecule has 3 rings (SSSR count). The number of halogens is 2. The smallest absolute Gasteiger partial charge is 0.112 e. The van der Waals surface area contributed by atoms with Crippen LogP contribution in [0.3, 0.4) is 0 Å². The van der Waals surface area contributed by atoms with Crippen LogP contribution in [0.1, 0.15) is 17.8 Å². The first kappa shape index (κ1) is 13.8. The predicted octanol–water partition coefficient (Wildman–Crippen LogP) is 5.28. The lowest BCUT2D eigenvalue weighted by atomic mass is 10.2. The second-order valence-electron chi connectivity index (χ2n) is 4.39. The molecule has 0 bridgehead atoms. The standard InChI is InChI=1S/C14H11BrClN3S/c1-8(12-2-3-13(16)20-12)19-10-4-5-17-11-6-9(15)7-18-14(10)11/h2-8H,1H3,(H,17,19). The molecular weight excluding hydrogens is 358 g/mol. The van der Waals surface area contributed by atoms with Crippen LogP contribution in [-0.2, 0) is 0 Å². The monoisotopic (exact) mass is 367 g/mol. The maximum atomic E-state index is 5.98. The summed E-state index contributed by atoms with van der Waals surface area (Å²) in [6.45, 7) is 2.10. The van der Waals surface area contributed by atoms with Gasteiger partial charge in [0.05, 0.1) is 21.6 Å². The van der Waals surface area contributed by atoms with Crippen LogP contribution in [0, 0.1) is 0 Å². The van der Waals surface area contributed by atoms with Crippen LogP contribution in [0.2, 0.25) is 4.34 Å². The van der Waals surface area contributed by atoms with Gasteiger partial charge in [-0.05, 0) is 47.1 Å². The molecule has 0 radical (unpaired) electrons. The molecule has 0 aliphatic heterocycles. The molecule has 1 atom stereocenters. The Morgan fingerprint density at radius 3 is 2.90 bits per heavy atom. The summed E-state index contributed by atoms with van der Waals surface area (Å²) in [5, 5.41) is 3.47. The minimum Gasteiger partial charge on any atom is -0.376 e. The van der Waals surface area contributed by atoms with E-state index in [0.29, 0.717) is 0 Å². The number of rotatable bonds is 3. The van der Waals surface area contributed by atoms with Gasteiger partial charge in [0.25, 0.3) is 0 Å². The van der Waals surface area contributed by atoms with Crippen molar-refractivity contribution in [1.82, 2.24) is 9.97 Å². The van der Waals surface area contributed by atoms with E-state index in [-0.39, 0.29) is 6.04 Å². The highest BCUT2D eigenvalue weighted by Crippen LogP contribution is 2.30. The van der Waals surface area contributed by atoms with Gasteiger partial charge in [0.15, 0.2) is 0 Å². The van der Waals surface area contributed by atoms with Crippen LogP contribution in [0.15, 0.2) is 41.1 Å². The Bertz CT molecular complexity index is 759. The van der Waals surface area contributed by atoms with Crippen LogP contribution in [0.4, 0.5) is 5.69 Å². The number of pyridine rings is 2. The SMILES string of the molecule is CC(Nc1ccnc2cc(Br)cnc12)c1ccc(Cl)s1. The van der Waals surface area contributed by atoms with E-state index >= 15 is 0 Å². The topological polar surface area (TPSA) is 37.8 Å². The van der Waals surface area contributed by atoms with E-state index in [1.54, 1.807) is 23.7 Å². The van der Waals surface area contributed by atoms with Crippen LogP contribution in [0.5, 0.6) is 0 Å². The first-order valence-corrected chi connectivity index (χ1v) is 8.04. The minimum atomic E-state index is 0.170. The molecule has 3 aromatic heterocycles. The summed E-state index contributed by atoms with van der Waals surface area (Å²) in [6, 6.07) is 8.02. The van der Waals surface area contributed by atoms with Crippen LogP contribution in [-0.4, -0.2) is 9.97 Å². The summed E-state index contributed by atoms with van der Waals surface area (Å²) in [5.41, 5.74) is 2.70. The second kappa shape index (κ2) is 5.68. The number of nitrogens with one attached hydrogen (secondary N) is 1. The first-order valence-electron chi connectivity index (χ1n) is 6.05. The molecule has 1 N–H and O–H groups in total. The molecule has 1 unspecified atom stereocenters. The van der Waals surface area contributed by atoms with Crippen molar-refractivity contribution in [2.75, 3.05) is 5.32 Å². The lowest BCUT2D eigenvalue weighted by Gasteiger charge is -2.14. The van der Waals surface area contributed by atoms with Gasteiger partial charge < -0.3 is 5.32 Å². The lowest BCUT2D eigenvalue weighted by molar-refractivity contribution is 0.909. The number of nitrogens with zero attached hydrogens (tertiary/aromatic N) is 2. The Labute approximate surface area is 134 Å². The van der Waals surface area contributed by atoms with Gasteiger partial charge in [0, 0.05) is 21.7 Å². The van der Waals surface area contributed by atoms with Gasteiger partial charge in [0.2, 0.25) is 0 Å². The molecule has 0 spiro atoms. The molecule has 0 aromatic carbocycles. The molecule has 0 aliphatic carbocycles. The van der Waals surface area contributed by atoms with Crippen molar-refractivity contribution in [2.45, 2.75) is 13.0 Å². The highest BCUT2D eigenvalue weighted by Gasteiger charge is 2.11. The van der Waals surface area contributed by atoms with E-state index < -0.39 is 0 Å². The predicted molar refractivity (Wildman–Crippen MR) is 88.6 cm³/mol. The van der Waals surface area contributed by atoms with Crippen LogP contribution < -0.4 is 5.32 Å². The number of fused-ring (bicyclic) bond motifs is 1. The van der Waals surface area contributed by atoms with Gasteiger partial charge in [-0.3, -0.25) is 9.97 Å². The summed E-state index contributed by atoms with van der Waals surface area (Å²) in [4.78, 5) is 9.97. The Balaban J connectivity index is 1.94. The molecular formula is C14H11BrClN3S. The highest BCUT2D eigenvalue weighted by molar-refractivity contribution is 9.10. The normalized spacial score (nSPS) is 12.6. The molecule has 0 fully saturated rings. The number of hydrogen-bond acceptors (Lipinski definition) is 4. The van der Waals surface area contributed by atoms with E-state index in [0.717, 1.165) is 25.5 Å². The van der Waals surface area contributed by atoms with Crippen LogP contribution in [0.25, 0.3) is 11.0 Å². The molecule has 0 saturated carbocycles. The quantitative estimate of drug-likeness (QED) is 0.683. The van der Waals surface area contributed by atoms with Crippen molar-refractivity contribution < 1.29 is 0 Å². The molecule has 102 valence electrons. The minimum absolute atomic E-state index is 0.170. The van der Waals surface area contributed by atoms with Gasteiger partial charge in [0.1, 0.15) is 5.52 Å². The van der Waals surface area contributed by atoms with E-state index in [1.165, 1.54) is 4.88 Å². The first-order chi connectivity index (χ1) is 9.63. The fourth-order valence-electron chi connectivity index (χ4n) is 1.99. The van der Waals surface area contributed by atoms with Crippen molar-refractivity contribution in [1.29, 1.82) is 0 Å². The Morgan fingerprint density at radius 2 is 2.15 bits per heavy atom. The fraction of sp³-hybridized carbons (Fsp3) is 0.143. The van der Waals surface area contributed by atoms with E-state index in [1.807, 2.05) is 24.3 Å². The average Bonchev–Trinajstić information content (AvgIpc) is 2.85. The second-order valence-corrected chi connectivity index (χ2v) is 7.05. The average molecular weight is 369 g/mol. The molecule has 0 saturated heterocycles. The third-order valence-electron chi connectivity index (χ3n) is 2.94. The summed E-state index contributed by atoms with van der Waals surface area (Å²) in [7, 11) is 0. The summed E-state index contributed by atoms with van der Waals surface area (Å²) in [6.07, 6.45) is 3.56. The number of anilines is 1. The van der Waals surface area contributed by atoms with Gasteiger partial charge >= 0.3 is 0 Å². The molecule has 3 heterocycles. The number of hydrogen-bond donors (Lipinski definition) is 1. The van der Waals surface area contributed by atoms with E-state index in [9.17, 15) is 0 Å². The zero-order valence-corrected chi connectivity index (χ0v) is 13.8. The molecule has 0 aliphatic rings. The molecule has 0 amide bonds.